The van der Waals surface area contributed by atoms with Crippen LogP contribution < -0.4 is 4.72 Å². The molecule has 4 rings (SSSR count). The standard InChI is InChI=1S/C23H24N2O6S/c1-16-4-6-17(7-5-16)22-25-19(14-30-22)15-31-23(26)18-8-10-21(11-9-18)32(27,28)24-13-20-3-2-12-29-20/h4-11,14,20,24H,2-3,12-13,15H2,1H3. The van der Waals surface area contributed by atoms with Crippen molar-refractivity contribution in [3.05, 3.63) is 71.6 Å². The van der Waals surface area contributed by atoms with Crippen molar-refractivity contribution in [2.24, 2.45) is 0 Å². The minimum Gasteiger partial charge on any atom is -0.455 e. The fourth-order valence-corrected chi connectivity index (χ4v) is 4.35. The molecule has 1 fully saturated rings. The lowest BCUT2D eigenvalue weighted by Gasteiger charge is -2.11. The van der Waals surface area contributed by atoms with Crippen molar-refractivity contribution in [1.82, 2.24) is 9.71 Å². The van der Waals surface area contributed by atoms with Crippen molar-refractivity contribution in [2.45, 2.75) is 37.4 Å². The van der Waals surface area contributed by atoms with Crippen LogP contribution in [0.15, 0.2) is 64.1 Å². The summed E-state index contributed by atoms with van der Waals surface area (Å²) < 4.78 is 43.5. The number of oxazole rings is 1. The maximum absolute atomic E-state index is 12.4. The summed E-state index contributed by atoms with van der Waals surface area (Å²) in [6.45, 7) is 2.82. The van der Waals surface area contributed by atoms with Gasteiger partial charge in [0.1, 0.15) is 18.6 Å². The SMILES string of the molecule is Cc1ccc(-c2nc(COC(=O)c3ccc(S(=O)(=O)NCC4CCCO4)cc3)co2)cc1. The lowest BCUT2D eigenvalue weighted by Crippen LogP contribution is -2.31. The Labute approximate surface area is 186 Å². The van der Waals surface area contributed by atoms with Gasteiger partial charge in [-0.2, -0.15) is 0 Å². The second kappa shape index (κ2) is 9.64. The number of nitrogens with one attached hydrogen (secondary N) is 1. The zero-order chi connectivity index (χ0) is 22.6. The van der Waals surface area contributed by atoms with Gasteiger partial charge in [0.05, 0.1) is 16.6 Å². The minimum atomic E-state index is -3.68. The number of aryl methyl sites for hydroxylation is 1. The second-order valence-corrected chi connectivity index (χ2v) is 9.36. The molecule has 9 heteroatoms. The molecular formula is C23H24N2O6S. The van der Waals surface area contributed by atoms with Crippen LogP contribution in [-0.2, 0) is 26.1 Å². The fraction of sp³-hybridized carbons (Fsp3) is 0.304. The van der Waals surface area contributed by atoms with Crippen LogP contribution in [0.4, 0.5) is 0 Å². The van der Waals surface area contributed by atoms with E-state index in [0.29, 0.717) is 18.2 Å². The Morgan fingerprint density at radius 3 is 2.59 bits per heavy atom. The Morgan fingerprint density at radius 1 is 1.16 bits per heavy atom. The lowest BCUT2D eigenvalue weighted by molar-refractivity contribution is 0.0467. The van der Waals surface area contributed by atoms with E-state index in [4.69, 9.17) is 13.9 Å². The van der Waals surface area contributed by atoms with E-state index in [1.54, 1.807) is 0 Å². The smallest absolute Gasteiger partial charge is 0.338 e. The van der Waals surface area contributed by atoms with Gasteiger partial charge in [0.15, 0.2) is 0 Å². The number of benzene rings is 2. The summed E-state index contributed by atoms with van der Waals surface area (Å²) in [5.74, 6) is -0.137. The Balaban J connectivity index is 1.32. The summed E-state index contributed by atoms with van der Waals surface area (Å²) in [6.07, 6.45) is 3.12. The summed E-state index contributed by atoms with van der Waals surface area (Å²) in [7, 11) is -3.68. The maximum Gasteiger partial charge on any atom is 0.338 e. The van der Waals surface area contributed by atoms with Gasteiger partial charge >= 0.3 is 5.97 Å². The van der Waals surface area contributed by atoms with Crippen LogP contribution in [0.25, 0.3) is 11.5 Å². The van der Waals surface area contributed by atoms with E-state index in [1.165, 1.54) is 30.5 Å². The summed E-state index contributed by atoms with van der Waals surface area (Å²) in [4.78, 5) is 16.7. The molecular weight excluding hydrogens is 432 g/mol. The predicted octanol–water partition coefficient (Wildman–Crippen LogP) is 3.46. The molecule has 1 saturated heterocycles. The molecule has 2 aromatic carbocycles. The highest BCUT2D eigenvalue weighted by molar-refractivity contribution is 7.89. The molecule has 0 aliphatic carbocycles. The Morgan fingerprint density at radius 2 is 1.91 bits per heavy atom. The van der Waals surface area contributed by atoms with E-state index in [0.717, 1.165) is 24.0 Å². The number of sulfonamides is 1. The van der Waals surface area contributed by atoms with E-state index < -0.39 is 16.0 Å². The Bertz CT molecular complexity index is 1160. The van der Waals surface area contributed by atoms with Crippen molar-refractivity contribution >= 4 is 16.0 Å². The normalized spacial score (nSPS) is 16.2. The zero-order valence-corrected chi connectivity index (χ0v) is 18.4. The third kappa shape index (κ3) is 5.42. The molecule has 0 saturated carbocycles. The molecule has 32 heavy (non-hydrogen) atoms. The summed E-state index contributed by atoms with van der Waals surface area (Å²) in [5, 5.41) is 0. The monoisotopic (exact) mass is 456 g/mol. The first-order valence-corrected chi connectivity index (χ1v) is 11.8. The quantitative estimate of drug-likeness (QED) is 0.517. The van der Waals surface area contributed by atoms with E-state index in [-0.39, 0.29) is 29.7 Å². The molecule has 8 nitrogen and oxygen atoms in total. The molecule has 0 bridgehead atoms. The fourth-order valence-electron chi connectivity index (χ4n) is 3.29. The van der Waals surface area contributed by atoms with Crippen LogP contribution in [0.3, 0.4) is 0 Å². The van der Waals surface area contributed by atoms with Crippen molar-refractivity contribution in [1.29, 1.82) is 0 Å². The van der Waals surface area contributed by atoms with Gasteiger partial charge in [-0.1, -0.05) is 17.7 Å². The highest BCUT2D eigenvalue weighted by atomic mass is 32.2. The van der Waals surface area contributed by atoms with Gasteiger partial charge in [-0.25, -0.2) is 22.9 Å². The third-order valence-electron chi connectivity index (χ3n) is 5.13. The first kappa shape index (κ1) is 22.2. The molecule has 1 unspecified atom stereocenters. The number of esters is 1. The largest absolute Gasteiger partial charge is 0.455 e. The van der Waals surface area contributed by atoms with Gasteiger partial charge in [-0.3, -0.25) is 0 Å². The molecule has 0 radical (unpaired) electrons. The van der Waals surface area contributed by atoms with Crippen molar-refractivity contribution < 1.29 is 27.1 Å². The molecule has 1 aliphatic heterocycles. The van der Waals surface area contributed by atoms with E-state index in [9.17, 15) is 13.2 Å². The van der Waals surface area contributed by atoms with Gasteiger partial charge < -0.3 is 13.9 Å². The van der Waals surface area contributed by atoms with Gasteiger partial charge in [0, 0.05) is 18.7 Å². The predicted molar refractivity (Wildman–Crippen MR) is 116 cm³/mol. The first-order valence-electron chi connectivity index (χ1n) is 10.3. The highest BCUT2D eigenvalue weighted by Crippen LogP contribution is 2.20. The molecule has 3 aromatic rings. The highest BCUT2D eigenvalue weighted by Gasteiger charge is 2.21. The molecule has 1 atom stereocenters. The molecule has 1 aromatic heterocycles. The van der Waals surface area contributed by atoms with Gasteiger partial charge in [0.25, 0.3) is 0 Å². The van der Waals surface area contributed by atoms with Crippen LogP contribution in [0.2, 0.25) is 0 Å². The summed E-state index contributed by atoms with van der Waals surface area (Å²) in [5.41, 5.74) is 2.68. The number of carbonyl (C=O) groups is 1. The average molecular weight is 457 g/mol. The summed E-state index contributed by atoms with van der Waals surface area (Å²) in [6, 6.07) is 13.3. The molecule has 1 aliphatic rings. The van der Waals surface area contributed by atoms with Crippen molar-refractivity contribution in [2.75, 3.05) is 13.2 Å². The average Bonchev–Trinajstić information content (AvgIpc) is 3.49. The van der Waals surface area contributed by atoms with Gasteiger partial charge in [-0.15, -0.1) is 0 Å². The van der Waals surface area contributed by atoms with Crippen LogP contribution in [0, 0.1) is 6.92 Å². The second-order valence-electron chi connectivity index (χ2n) is 7.60. The number of rotatable bonds is 8. The van der Waals surface area contributed by atoms with Crippen molar-refractivity contribution in [3.8, 4) is 11.5 Å². The van der Waals surface area contributed by atoms with Gasteiger partial charge in [-0.05, 0) is 56.2 Å². The first-order chi connectivity index (χ1) is 15.4. The van der Waals surface area contributed by atoms with Gasteiger partial charge in [0.2, 0.25) is 15.9 Å². The maximum atomic E-state index is 12.4. The van der Waals surface area contributed by atoms with E-state index in [2.05, 4.69) is 9.71 Å². The van der Waals surface area contributed by atoms with Crippen molar-refractivity contribution in [3.63, 3.8) is 0 Å². The molecule has 2 heterocycles. The lowest BCUT2D eigenvalue weighted by atomic mass is 10.1. The topological polar surface area (TPSA) is 108 Å². The summed E-state index contributed by atoms with van der Waals surface area (Å²) >= 11 is 0. The number of carbonyl (C=O) groups excluding carboxylic acids is 1. The van der Waals surface area contributed by atoms with Crippen LogP contribution >= 0.6 is 0 Å². The Hall–Kier alpha value is -3.01. The molecule has 168 valence electrons. The number of hydrogen-bond acceptors (Lipinski definition) is 7. The van der Waals surface area contributed by atoms with Crippen LogP contribution in [0.5, 0.6) is 0 Å². The number of aromatic nitrogens is 1. The minimum absolute atomic E-state index is 0.0583. The Kier molecular flexibility index (Phi) is 6.69. The third-order valence-corrected chi connectivity index (χ3v) is 6.57. The number of ether oxygens (including phenoxy) is 2. The van der Waals surface area contributed by atoms with Crippen LogP contribution in [0.1, 0.15) is 34.5 Å². The van der Waals surface area contributed by atoms with E-state index >= 15 is 0 Å². The number of nitrogens with zero attached hydrogens (tertiary/aromatic N) is 1. The molecule has 0 amide bonds. The molecule has 0 spiro atoms. The molecule has 1 N–H and O–H groups in total. The van der Waals surface area contributed by atoms with Crippen LogP contribution in [-0.4, -0.2) is 38.6 Å². The zero-order valence-electron chi connectivity index (χ0n) is 17.6. The van der Waals surface area contributed by atoms with E-state index in [1.807, 2.05) is 31.2 Å². The number of hydrogen-bond donors (Lipinski definition) is 1.